The monoisotopic (exact) mass is 657 g/mol. The Labute approximate surface area is 292 Å². The molecule has 0 radical (unpaired) electrons. The van der Waals surface area contributed by atoms with E-state index in [-0.39, 0.29) is 0 Å². The van der Waals surface area contributed by atoms with Gasteiger partial charge in [-0.15, -0.1) is 11.3 Å². The van der Waals surface area contributed by atoms with Crippen molar-refractivity contribution in [3.63, 3.8) is 0 Å². The van der Waals surface area contributed by atoms with Crippen LogP contribution in [0.5, 0.6) is 0 Å². The molecule has 50 heavy (non-hydrogen) atoms. The highest BCUT2D eigenvalue weighted by atomic mass is 32.1. The fourth-order valence-corrected chi connectivity index (χ4v) is 8.13. The molecule has 0 aliphatic carbocycles. The maximum Gasteiger partial charge on any atom is 0.160 e. The highest BCUT2D eigenvalue weighted by Crippen LogP contribution is 2.44. The van der Waals surface area contributed by atoms with E-state index in [1.165, 1.54) is 20.2 Å². The van der Waals surface area contributed by atoms with Gasteiger partial charge in [0.2, 0.25) is 0 Å². The zero-order chi connectivity index (χ0) is 33.0. The van der Waals surface area contributed by atoms with Crippen molar-refractivity contribution in [1.82, 2.24) is 15.0 Å². The Kier molecular flexibility index (Phi) is 6.64. The number of para-hydroxylation sites is 1. The molecule has 10 rings (SSSR count). The molecule has 0 saturated heterocycles. The molecule has 0 unspecified atom stereocenters. The van der Waals surface area contributed by atoms with E-state index in [9.17, 15) is 0 Å². The predicted molar refractivity (Wildman–Crippen MR) is 207 cm³/mol. The van der Waals surface area contributed by atoms with Crippen molar-refractivity contribution in [1.29, 1.82) is 0 Å². The van der Waals surface area contributed by atoms with Gasteiger partial charge in [-0.25, -0.2) is 9.97 Å². The fourth-order valence-electron chi connectivity index (χ4n) is 6.99. The van der Waals surface area contributed by atoms with Gasteiger partial charge in [-0.1, -0.05) is 109 Å². The third-order valence-electron chi connectivity index (χ3n) is 9.44. The second kappa shape index (κ2) is 11.6. The molecule has 0 fully saturated rings. The van der Waals surface area contributed by atoms with E-state index < -0.39 is 0 Å². The maximum absolute atomic E-state index is 6.71. The van der Waals surface area contributed by atoms with Gasteiger partial charge >= 0.3 is 0 Å². The summed E-state index contributed by atoms with van der Waals surface area (Å²) >= 11 is 1.83. The summed E-state index contributed by atoms with van der Waals surface area (Å²) in [5.41, 5.74) is 10.8. The Morgan fingerprint density at radius 1 is 0.440 bits per heavy atom. The summed E-state index contributed by atoms with van der Waals surface area (Å²) in [7, 11) is 0. The number of aromatic nitrogens is 3. The van der Waals surface area contributed by atoms with Crippen molar-refractivity contribution in [2.24, 2.45) is 0 Å². The molecule has 0 saturated carbocycles. The lowest BCUT2D eigenvalue weighted by atomic mass is 9.95. The number of furan rings is 1. The first kappa shape index (κ1) is 28.6. The van der Waals surface area contributed by atoms with E-state index in [0.717, 1.165) is 72.3 Å². The van der Waals surface area contributed by atoms with Crippen molar-refractivity contribution in [3.05, 3.63) is 164 Å². The minimum absolute atomic E-state index is 0.669. The molecule has 0 bridgehead atoms. The summed E-state index contributed by atoms with van der Waals surface area (Å²) in [5.74, 6) is 0.669. The lowest BCUT2D eigenvalue weighted by molar-refractivity contribution is 0.670. The summed E-state index contributed by atoms with van der Waals surface area (Å²) in [6.45, 7) is 0. The minimum Gasteiger partial charge on any atom is -0.455 e. The molecular formula is C45H27N3OS. The first-order chi connectivity index (χ1) is 24.8. The van der Waals surface area contributed by atoms with Gasteiger partial charge in [0.1, 0.15) is 11.2 Å². The molecule has 234 valence electrons. The van der Waals surface area contributed by atoms with Crippen LogP contribution in [0.4, 0.5) is 0 Å². The van der Waals surface area contributed by atoms with Crippen molar-refractivity contribution in [2.45, 2.75) is 0 Å². The summed E-state index contributed by atoms with van der Waals surface area (Å²) < 4.78 is 9.27. The van der Waals surface area contributed by atoms with Crippen LogP contribution >= 0.6 is 11.3 Å². The Bertz CT molecular complexity index is 2860. The predicted octanol–water partition coefficient (Wildman–Crippen LogP) is 12.5. The van der Waals surface area contributed by atoms with Crippen LogP contribution in [-0.4, -0.2) is 15.0 Å². The van der Waals surface area contributed by atoms with Crippen LogP contribution in [0, 0.1) is 0 Å². The van der Waals surface area contributed by atoms with Crippen LogP contribution in [0.1, 0.15) is 0 Å². The van der Waals surface area contributed by atoms with Gasteiger partial charge in [-0.05, 0) is 59.2 Å². The molecule has 0 amide bonds. The third-order valence-corrected chi connectivity index (χ3v) is 10.6. The Morgan fingerprint density at radius 3 is 1.96 bits per heavy atom. The molecule has 0 atom stereocenters. The highest BCUT2D eigenvalue weighted by molar-refractivity contribution is 7.25. The Balaban J connectivity index is 1.17. The van der Waals surface area contributed by atoms with Crippen LogP contribution in [-0.2, 0) is 0 Å². The molecule has 0 N–H and O–H groups in total. The third kappa shape index (κ3) is 4.79. The number of hydrogen-bond acceptors (Lipinski definition) is 5. The topological polar surface area (TPSA) is 51.8 Å². The first-order valence-electron chi connectivity index (χ1n) is 16.6. The molecule has 4 nitrogen and oxygen atoms in total. The number of hydrogen-bond donors (Lipinski definition) is 0. The standard InChI is InChI=1S/C45H27N3OS/c1-2-8-30(9-3-1)38-27-39(48-45(47-38)31-16-14-28(15-17-31)29-22-24-46-25-23-29)36-21-20-33(44-43(36)37-11-4-6-12-40(37)49-44)32-18-19-35-34-10-5-7-13-41(34)50-42(35)26-32/h1-27H. The number of benzene rings is 6. The Morgan fingerprint density at radius 2 is 1.10 bits per heavy atom. The van der Waals surface area contributed by atoms with E-state index in [1.54, 1.807) is 0 Å². The summed E-state index contributed by atoms with van der Waals surface area (Å²) in [4.78, 5) is 14.5. The average Bonchev–Trinajstić information content (AvgIpc) is 3.77. The van der Waals surface area contributed by atoms with Crippen molar-refractivity contribution in [2.75, 3.05) is 0 Å². The van der Waals surface area contributed by atoms with E-state index in [0.29, 0.717) is 5.82 Å². The second-order valence-electron chi connectivity index (χ2n) is 12.4. The molecular weight excluding hydrogens is 631 g/mol. The lowest BCUT2D eigenvalue weighted by Crippen LogP contribution is -1.96. The highest BCUT2D eigenvalue weighted by Gasteiger charge is 2.20. The van der Waals surface area contributed by atoms with E-state index >= 15 is 0 Å². The molecule has 0 aliphatic rings. The van der Waals surface area contributed by atoms with Crippen molar-refractivity contribution >= 4 is 53.4 Å². The summed E-state index contributed by atoms with van der Waals surface area (Å²) in [6, 6.07) is 52.9. The number of rotatable bonds is 5. The smallest absolute Gasteiger partial charge is 0.160 e. The normalized spacial score (nSPS) is 11.6. The molecule has 0 aliphatic heterocycles. The van der Waals surface area contributed by atoms with E-state index in [2.05, 4.69) is 114 Å². The molecule has 4 heterocycles. The molecule has 4 aromatic heterocycles. The van der Waals surface area contributed by atoms with Crippen LogP contribution in [0.2, 0.25) is 0 Å². The largest absolute Gasteiger partial charge is 0.455 e. The SMILES string of the molecule is c1ccc(-c2cc(-c3ccc(-c4ccc5c(c4)sc4ccccc45)c4oc5ccccc5c34)nc(-c3ccc(-c4ccncc4)cc3)n2)cc1. The van der Waals surface area contributed by atoms with Gasteiger partial charge in [0.15, 0.2) is 5.82 Å². The number of nitrogens with zero attached hydrogens (tertiary/aromatic N) is 3. The fraction of sp³-hybridized carbons (Fsp3) is 0. The first-order valence-corrected chi connectivity index (χ1v) is 17.4. The molecule has 10 aromatic rings. The molecule has 0 spiro atoms. The van der Waals surface area contributed by atoms with Crippen molar-refractivity contribution < 1.29 is 4.42 Å². The van der Waals surface area contributed by atoms with Crippen LogP contribution < -0.4 is 0 Å². The van der Waals surface area contributed by atoms with Crippen LogP contribution in [0.25, 0.3) is 98.3 Å². The van der Waals surface area contributed by atoms with E-state index in [4.69, 9.17) is 14.4 Å². The average molecular weight is 658 g/mol. The van der Waals surface area contributed by atoms with Crippen molar-refractivity contribution in [3.8, 4) is 56.2 Å². The van der Waals surface area contributed by atoms with Gasteiger partial charge in [0.25, 0.3) is 0 Å². The van der Waals surface area contributed by atoms with Gasteiger partial charge in [0, 0.05) is 65.6 Å². The lowest BCUT2D eigenvalue weighted by Gasteiger charge is -2.12. The zero-order valence-corrected chi connectivity index (χ0v) is 27.6. The van der Waals surface area contributed by atoms with Gasteiger partial charge < -0.3 is 4.42 Å². The summed E-state index contributed by atoms with van der Waals surface area (Å²) in [6.07, 6.45) is 3.63. The minimum atomic E-state index is 0.669. The van der Waals surface area contributed by atoms with Crippen LogP contribution in [0.3, 0.4) is 0 Å². The number of thiophene rings is 1. The molecule has 5 heteroatoms. The number of pyridine rings is 1. The zero-order valence-electron chi connectivity index (χ0n) is 26.7. The summed E-state index contributed by atoms with van der Waals surface area (Å²) in [5, 5.41) is 4.68. The number of fused-ring (bicyclic) bond motifs is 6. The Hall–Kier alpha value is -6.43. The molecule has 6 aromatic carbocycles. The van der Waals surface area contributed by atoms with E-state index in [1.807, 2.05) is 66.2 Å². The maximum atomic E-state index is 6.71. The second-order valence-corrected chi connectivity index (χ2v) is 13.5. The quantitative estimate of drug-likeness (QED) is 0.185. The van der Waals surface area contributed by atoms with Gasteiger partial charge in [-0.3, -0.25) is 4.98 Å². The van der Waals surface area contributed by atoms with Gasteiger partial charge in [-0.2, -0.15) is 0 Å². The van der Waals surface area contributed by atoms with Crippen LogP contribution in [0.15, 0.2) is 168 Å². The van der Waals surface area contributed by atoms with Gasteiger partial charge in [0.05, 0.1) is 11.4 Å².